The number of rotatable bonds is 3. The molecule has 0 saturated heterocycles. The van der Waals surface area contributed by atoms with Gasteiger partial charge in [0.2, 0.25) is 0 Å². The number of ether oxygens (including phenoxy) is 2. The van der Waals surface area contributed by atoms with Crippen LogP contribution >= 0.6 is 27.5 Å². The molecule has 0 aromatic heterocycles. The molecular formula is C17H15BrClNO3. The minimum absolute atomic E-state index is 0.179. The second kappa shape index (κ2) is 6.81. The number of halogens is 2. The zero-order chi connectivity index (χ0) is 16.4. The van der Waals surface area contributed by atoms with Crippen LogP contribution in [0.25, 0.3) is 0 Å². The molecular weight excluding hydrogens is 382 g/mol. The first-order valence-corrected chi connectivity index (χ1v) is 8.37. The van der Waals surface area contributed by atoms with Crippen LogP contribution in [0.15, 0.2) is 40.9 Å². The molecule has 4 nitrogen and oxygen atoms in total. The topological polar surface area (TPSA) is 47.6 Å². The third-order valence-corrected chi connectivity index (χ3v) is 4.48. The second-order valence-corrected chi connectivity index (χ2v) is 6.51. The van der Waals surface area contributed by atoms with E-state index in [2.05, 4.69) is 21.2 Å². The van der Waals surface area contributed by atoms with Crippen LogP contribution in [0.3, 0.4) is 0 Å². The Hall–Kier alpha value is -1.72. The van der Waals surface area contributed by atoms with E-state index < -0.39 is 0 Å². The van der Waals surface area contributed by atoms with Crippen LogP contribution < -0.4 is 14.8 Å². The Balaban J connectivity index is 1.80. The molecule has 0 bridgehead atoms. The van der Waals surface area contributed by atoms with Crippen LogP contribution in [-0.4, -0.2) is 19.1 Å². The number of nitrogens with one attached hydrogen (secondary N) is 1. The average molecular weight is 397 g/mol. The van der Waals surface area contributed by atoms with E-state index in [9.17, 15) is 4.79 Å². The molecule has 0 aliphatic carbocycles. The van der Waals surface area contributed by atoms with Crippen molar-refractivity contribution in [2.24, 2.45) is 0 Å². The Morgan fingerprint density at radius 3 is 2.61 bits per heavy atom. The number of hydrogen-bond acceptors (Lipinski definition) is 3. The molecule has 0 saturated carbocycles. The number of carbonyl (C=O) groups excluding carboxylic acids is 1. The highest BCUT2D eigenvalue weighted by molar-refractivity contribution is 9.10. The molecule has 1 amide bonds. The second-order valence-electron chi connectivity index (χ2n) is 5.22. The Morgan fingerprint density at radius 1 is 1.22 bits per heavy atom. The first-order chi connectivity index (χ1) is 11.0. The lowest BCUT2D eigenvalue weighted by Crippen LogP contribution is -2.27. The zero-order valence-corrected chi connectivity index (χ0v) is 14.8. The molecule has 0 unspecified atom stereocenters. The zero-order valence-electron chi connectivity index (χ0n) is 12.4. The van der Waals surface area contributed by atoms with Crippen LogP contribution in [0.1, 0.15) is 28.9 Å². The fourth-order valence-electron chi connectivity index (χ4n) is 2.40. The summed E-state index contributed by atoms with van der Waals surface area (Å²) in [5.41, 5.74) is 1.45. The van der Waals surface area contributed by atoms with Gasteiger partial charge in [0.15, 0.2) is 11.5 Å². The molecule has 3 rings (SSSR count). The van der Waals surface area contributed by atoms with E-state index in [0.717, 1.165) is 10.0 Å². The van der Waals surface area contributed by atoms with Gasteiger partial charge in [-0.2, -0.15) is 0 Å². The summed E-state index contributed by atoms with van der Waals surface area (Å²) in [7, 11) is 0. The van der Waals surface area contributed by atoms with E-state index in [1.807, 2.05) is 19.1 Å². The molecule has 2 aromatic carbocycles. The fourth-order valence-corrected chi connectivity index (χ4v) is 3.26. The summed E-state index contributed by atoms with van der Waals surface area (Å²) in [5.74, 6) is 1.22. The van der Waals surface area contributed by atoms with Crippen LogP contribution in [0.5, 0.6) is 11.5 Å². The molecule has 23 heavy (non-hydrogen) atoms. The van der Waals surface area contributed by atoms with E-state index in [1.165, 1.54) is 0 Å². The monoisotopic (exact) mass is 395 g/mol. The minimum Gasteiger partial charge on any atom is -0.486 e. The number of benzene rings is 2. The fraction of sp³-hybridized carbons (Fsp3) is 0.235. The van der Waals surface area contributed by atoms with Crippen LogP contribution in [0, 0.1) is 0 Å². The van der Waals surface area contributed by atoms with Crippen molar-refractivity contribution in [3.63, 3.8) is 0 Å². The summed E-state index contributed by atoms with van der Waals surface area (Å²) < 4.78 is 12.0. The normalized spacial score (nSPS) is 14.2. The quantitative estimate of drug-likeness (QED) is 0.838. The van der Waals surface area contributed by atoms with E-state index in [0.29, 0.717) is 35.3 Å². The van der Waals surface area contributed by atoms with Crippen LogP contribution in [0.4, 0.5) is 0 Å². The summed E-state index contributed by atoms with van der Waals surface area (Å²) >= 11 is 9.45. The lowest BCUT2D eigenvalue weighted by Gasteiger charge is -2.22. The third kappa shape index (κ3) is 3.62. The third-order valence-electron chi connectivity index (χ3n) is 3.56. The highest BCUT2D eigenvalue weighted by Crippen LogP contribution is 2.37. The molecule has 0 spiro atoms. The van der Waals surface area contributed by atoms with Gasteiger partial charge in [-0.15, -0.1) is 0 Å². The van der Waals surface area contributed by atoms with Crippen molar-refractivity contribution in [2.45, 2.75) is 13.0 Å². The smallest absolute Gasteiger partial charge is 0.251 e. The van der Waals surface area contributed by atoms with Gasteiger partial charge >= 0.3 is 0 Å². The molecule has 1 aliphatic heterocycles. The average Bonchev–Trinajstić information content (AvgIpc) is 2.54. The molecule has 0 fully saturated rings. The molecule has 6 heteroatoms. The summed E-state index contributed by atoms with van der Waals surface area (Å²) in [4.78, 5) is 12.3. The van der Waals surface area contributed by atoms with Crippen molar-refractivity contribution in [1.82, 2.24) is 5.32 Å². The van der Waals surface area contributed by atoms with E-state index in [4.69, 9.17) is 21.1 Å². The molecule has 120 valence electrons. The van der Waals surface area contributed by atoms with Crippen molar-refractivity contribution >= 4 is 33.4 Å². The van der Waals surface area contributed by atoms with Crippen molar-refractivity contribution in [3.8, 4) is 11.5 Å². The number of hydrogen-bond donors (Lipinski definition) is 1. The molecule has 1 aliphatic rings. The van der Waals surface area contributed by atoms with Crippen LogP contribution in [-0.2, 0) is 0 Å². The van der Waals surface area contributed by atoms with Crippen molar-refractivity contribution < 1.29 is 14.3 Å². The van der Waals surface area contributed by atoms with Crippen molar-refractivity contribution in [3.05, 3.63) is 57.0 Å². The van der Waals surface area contributed by atoms with Gasteiger partial charge in [-0.1, -0.05) is 33.6 Å². The minimum atomic E-state index is -0.202. The predicted octanol–water partition coefficient (Wildman–Crippen LogP) is 4.36. The lowest BCUT2D eigenvalue weighted by molar-refractivity contribution is 0.0939. The number of amides is 1. The first-order valence-electron chi connectivity index (χ1n) is 7.20. The maximum Gasteiger partial charge on any atom is 0.251 e. The summed E-state index contributed by atoms with van der Waals surface area (Å²) in [6.45, 7) is 2.98. The van der Waals surface area contributed by atoms with Crippen LogP contribution in [0.2, 0.25) is 5.02 Å². The number of fused-ring (bicyclic) bond motifs is 1. The van der Waals surface area contributed by atoms with Gasteiger partial charge in [0.1, 0.15) is 13.2 Å². The Kier molecular flexibility index (Phi) is 4.78. The van der Waals surface area contributed by atoms with Gasteiger partial charge < -0.3 is 14.8 Å². The van der Waals surface area contributed by atoms with Gasteiger partial charge in [-0.3, -0.25) is 4.79 Å². The van der Waals surface area contributed by atoms with Gasteiger partial charge in [0.05, 0.1) is 6.04 Å². The SMILES string of the molecule is C[C@H](NC(=O)c1cccc(Cl)c1)c1cc2c(cc1Br)OCCO2. The Labute approximate surface area is 147 Å². The lowest BCUT2D eigenvalue weighted by atomic mass is 10.1. The van der Waals surface area contributed by atoms with Gasteiger partial charge in [0.25, 0.3) is 5.91 Å². The largest absolute Gasteiger partial charge is 0.486 e. The standard InChI is InChI=1S/C17H15BrClNO3/c1-10(20-17(21)11-3-2-4-12(19)7-11)13-8-15-16(9-14(13)18)23-6-5-22-15/h2-4,7-10H,5-6H2,1H3,(H,20,21)/t10-/m0/s1. The van der Waals surface area contributed by atoms with E-state index >= 15 is 0 Å². The molecule has 1 heterocycles. The molecule has 0 radical (unpaired) electrons. The predicted molar refractivity (Wildman–Crippen MR) is 92.5 cm³/mol. The van der Waals surface area contributed by atoms with Crippen molar-refractivity contribution in [1.29, 1.82) is 0 Å². The molecule has 1 N–H and O–H groups in total. The Morgan fingerprint density at radius 2 is 1.91 bits per heavy atom. The summed E-state index contributed by atoms with van der Waals surface area (Å²) in [6.07, 6.45) is 0. The van der Waals surface area contributed by atoms with Gasteiger partial charge in [-0.05, 0) is 42.8 Å². The highest BCUT2D eigenvalue weighted by Gasteiger charge is 2.19. The van der Waals surface area contributed by atoms with Crippen molar-refractivity contribution in [2.75, 3.05) is 13.2 Å². The Bertz CT molecular complexity index is 751. The highest BCUT2D eigenvalue weighted by atomic mass is 79.9. The summed E-state index contributed by atoms with van der Waals surface area (Å²) in [5, 5.41) is 3.50. The van der Waals surface area contributed by atoms with Gasteiger partial charge in [-0.25, -0.2) is 0 Å². The maximum absolute atomic E-state index is 12.3. The molecule has 1 atom stereocenters. The molecule has 2 aromatic rings. The van der Waals surface area contributed by atoms with E-state index in [-0.39, 0.29) is 11.9 Å². The first kappa shape index (κ1) is 16.1. The number of carbonyl (C=O) groups is 1. The van der Waals surface area contributed by atoms with E-state index in [1.54, 1.807) is 24.3 Å². The maximum atomic E-state index is 12.3. The summed E-state index contributed by atoms with van der Waals surface area (Å²) in [6, 6.07) is 10.4. The van der Waals surface area contributed by atoms with Gasteiger partial charge in [0, 0.05) is 15.1 Å².